The van der Waals surface area contributed by atoms with Crippen LogP contribution in [-0.2, 0) is 24.1 Å². The third-order valence-corrected chi connectivity index (χ3v) is 4.27. The molecule has 3 aromatic rings. The van der Waals surface area contributed by atoms with Gasteiger partial charge in [-0.15, -0.1) is 0 Å². The number of benzene rings is 1. The van der Waals surface area contributed by atoms with Crippen LogP contribution in [0.5, 0.6) is 5.75 Å². The number of nitrogens with zero attached hydrogens (tertiary/aromatic N) is 2. The maximum Gasteiger partial charge on any atom is 0.417 e. The minimum atomic E-state index is -4.65. The molecule has 1 aromatic carbocycles. The topological polar surface area (TPSA) is 73.2 Å². The van der Waals surface area contributed by atoms with E-state index in [1.807, 2.05) is 0 Å². The molecule has 29 heavy (non-hydrogen) atoms. The second kappa shape index (κ2) is 8.34. The third-order valence-electron chi connectivity index (χ3n) is 4.27. The summed E-state index contributed by atoms with van der Waals surface area (Å²) in [6, 6.07) is 9.82. The molecule has 0 aliphatic carbocycles. The highest BCUT2D eigenvalue weighted by molar-refractivity contribution is 5.84. The van der Waals surface area contributed by atoms with Crippen molar-refractivity contribution in [1.29, 1.82) is 0 Å². The number of aromatic nitrogens is 2. The van der Waals surface area contributed by atoms with Gasteiger partial charge in [-0.3, -0.25) is 14.6 Å². The molecule has 0 saturated carbocycles. The number of carbonyl (C=O) groups excluding carboxylic acids is 1. The average molecular weight is 405 g/mol. The summed E-state index contributed by atoms with van der Waals surface area (Å²) in [5.41, 5.74) is -0.976. The number of fused-ring (bicyclic) bond motifs is 1. The quantitative estimate of drug-likeness (QED) is 0.684. The van der Waals surface area contributed by atoms with E-state index in [2.05, 4.69) is 10.3 Å². The molecule has 3 rings (SSSR count). The van der Waals surface area contributed by atoms with E-state index < -0.39 is 23.2 Å². The SMILES string of the molecule is CCn1c(=O)cc(C(F)(F)F)c2ccc(OCC(=O)NCc3ccccn3)cc21. The van der Waals surface area contributed by atoms with E-state index in [1.54, 1.807) is 31.3 Å². The highest BCUT2D eigenvalue weighted by Gasteiger charge is 2.33. The fourth-order valence-corrected chi connectivity index (χ4v) is 2.90. The molecule has 6 nitrogen and oxygen atoms in total. The summed E-state index contributed by atoms with van der Waals surface area (Å²) in [4.78, 5) is 28.1. The molecule has 1 amide bonds. The number of amides is 1. The number of hydrogen-bond donors (Lipinski definition) is 1. The number of rotatable bonds is 6. The number of halogens is 3. The maximum absolute atomic E-state index is 13.3. The molecular formula is C20H18F3N3O3. The fraction of sp³-hybridized carbons (Fsp3) is 0.250. The van der Waals surface area contributed by atoms with Crippen molar-refractivity contribution in [1.82, 2.24) is 14.9 Å². The summed E-state index contributed by atoms with van der Waals surface area (Å²) in [5, 5.41) is 2.53. The van der Waals surface area contributed by atoms with Gasteiger partial charge >= 0.3 is 6.18 Å². The molecule has 2 heterocycles. The summed E-state index contributed by atoms with van der Waals surface area (Å²) in [5.74, 6) is -0.223. The van der Waals surface area contributed by atoms with E-state index in [9.17, 15) is 22.8 Å². The monoisotopic (exact) mass is 405 g/mol. The van der Waals surface area contributed by atoms with Crippen molar-refractivity contribution in [3.05, 3.63) is 70.3 Å². The first-order chi connectivity index (χ1) is 13.8. The molecule has 2 aromatic heterocycles. The smallest absolute Gasteiger partial charge is 0.417 e. The number of pyridine rings is 2. The summed E-state index contributed by atoms with van der Waals surface area (Å²) in [6.45, 7) is 1.76. The molecule has 0 aliphatic heterocycles. The summed E-state index contributed by atoms with van der Waals surface area (Å²) in [6.07, 6.45) is -3.05. The third kappa shape index (κ3) is 4.74. The lowest BCUT2D eigenvalue weighted by molar-refractivity contribution is -0.136. The Hall–Kier alpha value is -3.36. The molecule has 9 heteroatoms. The van der Waals surface area contributed by atoms with Crippen LogP contribution in [0.2, 0.25) is 0 Å². The van der Waals surface area contributed by atoms with Crippen LogP contribution in [0.4, 0.5) is 13.2 Å². The lowest BCUT2D eigenvalue weighted by Crippen LogP contribution is -2.28. The minimum Gasteiger partial charge on any atom is -0.484 e. The van der Waals surface area contributed by atoms with Gasteiger partial charge in [0.05, 0.1) is 23.3 Å². The van der Waals surface area contributed by atoms with Crippen molar-refractivity contribution in [3.63, 3.8) is 0 Å². The van der Waals surface area contributed by atoms with Gasteiger partial charge in [-0.2, -0.15) is 13.2 Å². The predicted molar refractivity (Wildman–Crippen MR) is 100 cm³/mol. The van der Waals surface area contributed by atoms with Gasteiger partial charge in [-0.05, 0) is 31.2 Å². The van der Waals surface area contributed by atoms with Crippen LogP contribution in [0.3, 0.4) is 0 Å². The molecule has 1 N–H and O–H groups in total. The lowest BCUT2D eigenvalue weighted by atomic mass is 10.1. The van der Waals surface area contributed by atoms with Crippen LogP contribution in [0.1, 0.15) is 18.2 Å². The number of aryl methyl sites for hydroxylation is 1. The van der Waals surface area contributed by atoms with Crippen molar-refractivity contribution >= 4 is 16.8 Å². The van der Waals surface area contributed by atoms with Crippen LogP contribution in [0.15, 0.2) is 53.5 Å². The Morgan fingerprint density at radius 1 is 1.21 bits per heavy atom. The number of ether oxygens (including phenoxy) is 1. The summed E-state index contributed by atoms with van der Waals surface area (Å²) < 4.78 is 46.4. The van der Waals surface area contributed by atoms with E-state index in [0.717, 1.165) is 0 Å². The van der Waals surface area contributed by atoms with Crippen molar-refractivity contribution < 1.29 is 22.7 Å². The van der Waals surface area contributed by atoms with Gasteiger partial charge in [0, 0.05) is 30.3 Å². The molecule has 0 spiro atoms. The number of alkyl halides is 3. The minimum absolute atomic E-state index is 0.0960. The number of hydrogen-bond acceptors (Lipinski definition) is 4. The first-order valence-corrected chi connectivity index (χ1v) is 8.84. The van der Waals surface area contributed by atoms with E-state index in [-0.39, 0.29) is 36.3 Å². The predicted octanol–water partition coefficient (Wildman–Crippen LogP) is 3.13. The molecule has 0 bridgehead atoms. The Labute approximate surface area is 163 Å². The summed E-state index contributed by atoms with van der Waals surface area (Å²) >= 11 is 0. The second-order valence-corrected chi connectivity index (χ2v) is 6.20. The van der Waals surface area contributed by atoms with Crippen LogP contribution in [0, 0.1) is 0 Å². The van der Waals surface area contributed by atoms with Gasteiger partial charge in [-0.25, -0.2) is 0 Å². The largest absolute Gasteiger partial charge is 0.484 e. The van der Waals surface area contributed by atoms with E-state index in [4.69, 9.17) is 4.74 Å². The van der Waals surface area contributed by atoms with Crippen LogP contribution in [0.25, 0.3) is 10.9 Å². The lowest BCUT2D eigenvalue weighted by Gasteiger charge is -2.15. The van der Waals surface area contributed by atoms with Gasteiger partial charge in [0.15, 0.2) is 6.61 Å². The van der Waals surface area contributed by atoms with Crippen LogP contribution >= 0.6 is 0 Å². The zero-order chi connectivity index (χ0) is 21.0. The normalized spacial score (nSPS) is 11.4. The fourth-order valence-electron chi connectivity index (χ4n) is 2.90. The molecule has 0 saturated heterocycles. The Morgan fingerprint density at radius 2 is 2.00 bits per heavy atom. The molecule has 152 valence electrons. The maximum atomic E-state index is 13.3. The Kier molecular flexibility index (Phi) is 5.86. The van der Waals surface area contributed by atoms with Crippen molar-refractivity contribution in [2.24, 2.45) is 0 Å². The van der Waals surface area contributed by atoms with Gasteiger partial charge in [0.2, 0.25) is 0 Å². The number of carbonyl (C=O) groups is 1. The highest BCUT2D eigenvalue weighted by Crippen LogP contribution is 2.34. The zero-order valence-electron chi connectivity index (χ0n) is 15.5. The van der Waals surface area contributed by atoms with Crippen molar-refractivity contribution in [2.45, 2.75) is 26.2 Å². The van der Waals surface area contributed by atoms with Gasteiger partial charge in [-0.1, -0.05) is 6.07 Å². The first kappa shape index (κ1) is 20.4. The Bertz CT molecular complexity index is 1080. The van der Waals surface area contributed by atoms with Crippen LogP contribution < -0.4 is 15.6 Å². The molecule has 0 unspecified atom stereocenters. The van der Waals surface area contributed by atoms with Crippen molar-refractivity contribution in [3.8, 4) is 5.75 Å². The number of nitrogens with one attached hydrogen (secondary N) is 1. The molecule has 0 atom stereocenters. The van der Waals surface area contributed by atoms with Gasteiger partial charge < -0.3 is 14.6 Å². The average Bonchev–Trinajstić information content (AvgIpc) is 2.70. The highest BCUT2D eigenvalue weighted by atomic mass is 19.4. The first-order valence-electron chi connectivity index (χ1n) is 8.84. The van der Waals surface area contributed by atoms with Gasteiger partial charge in [0.1, 0.15) is 5.75 Å². The molecule has 0 aliphatic rings. The van der Waals surface area contributed by atoms with E-state index in [1.165, 1.54) is 22.8 Å². The van der Waals surface area contributed by atoms with Crippen molar-refractivity contribution in [2.75, 3.05) is 6.61 Å². The molecular weight excluding hydrogens is 387 g/mol. The van der Waals surface area contributed by atoms with E-state index >= 15 is 0 Å². The Morgan fingerprint density at radius 3 is 2.66 bits per heavy atom. The van der Waals surface area contributed by atoms with E-state index in [0.29, 0.717) is 11.8 Å². The second-order valence-electron chi connectivity index (χ2n) is 6.20. The molecule has 0 fully saturated rings. The van der Waals surface area contributed by atoms with Gasteiger partial charge in [0.25, 0.3) is 11.5 Å². The standard InChI is InChI=1S/C20H18F3N3O3/c1-2-26-17-9-14(6-7-15(17)16(10-19(26)28)20(21,22)23)29-12-18(27)25-11-13-5-3-4-8-24-13/h3-10H,2,11-12H2,1H3,(H,25,27). The van der Waals surface area contributed by atoms with Crippen LogP contribution in [-0.4, -0.2) is 22.1 Å². The molecule has 0 radical (unpaired) electrons. The summed E-state index contributed by atoms with van der Waals surface area (Å²) in [7, 11) is 0. The Balaban J connectivity index is 1.78. The zero-order valence-corrected chi connectivity index (χ0v) is 15.5.